The van der Waals surface area contributed by atoms with Gasteiger partial charge in [0.1, 0.15) is 5.69 Å². The molecule has 0 saturated heterocycles. The fourth-order valence-corrected chi connectivity index (χ4v) is 2.11. The lowest BCUT2D eigenvalue weighted by atomic mass is 10.2. The molecule has 3 rings (SSSR count). The first-order chi connectivity index (χ1) is 8.25. The Balaban J connectivity index is 1.92. The highest BCUT2D eigenvalue weighted by molar-refractivity contribution is 9.10. The molecule has 0 radical (unpaired) electrons. The molecule has 5 nitrogen and oxygen atoms in total. The maximum Gasteiger partial charge on any atom is 0.244 e. The van der Waals surface area contributed by atoms with Gasteiger partial charge in [-0.15, -0.1) is 0 Å². The molecule has 1 atom stereocenters. The van der Waals surface area contributed by atoms with E-state index < -0.39 is 0 Å². The van der Waals surface area contributed by atoms with E-state index in [-0.39, 0.29) is 6.04 Å². The Bertz CT molecular complexity index is 538. The Hall–Kier alpha value is -1.27. The molecule has 2 aromatic rings. The molecule has 1 aliphatic rings. The number of pyridine rings is 1. The summed E-state index contributed by atoms with van der Waals surface area (Å²) in [6, 6.07) is 3.59. The first-order valence-electron chi connectivity index (χ1n) is 5.46. The van der Waals surface area contributed by atoms with Gasteiger partial charge in [0.15, 0.2) is 0 Å². The summed E-state index contributed by atoms with van der Waals surface area (Å²) in [5.41, 5.74) is 6.67. The Morgan fingerprint density at radius 3 is 3.00 bits per heavy atom. The van der Waals surface area contributed by atoms with Crippen LogP contribution in [0.1, 0.15) is 24.8 Å². The average molecular weight is 295 g/mol. The third kappa shape index (κ3) is 2.10. The van der Waals surface area contributed by atoms with E-state index in [1.807, 2.05) is 12.1 Å². The van der Waals surface area contributed by atoms with E-state index in [2.05, 4.69) is 31.1 Å². The Morgan fingerprint density at radius 2 is 2.29 bits per heavy atom. The van der Waals surface area contributed by atoms with Crippen molar-refractivity contribution in [3.05, 3.63) is 28.7 Å². The molecule has 17 heavy (non-hydrogen) atoms. The second kappa shape index (κ2) is 4.19. The fraction of sp³-hybridized carbons (Fsp3) is 0.364. The van der Waals surface area contributed by atoms with Crippen molar-refractivity contribution in [3.8, 4) is 11.5 Å². The van der Waals surface area contributed by atoms with Gasteiger partial charge in [-0.2, -0.15) is 4.98 Å². The van der Waals surface area contributed by atoms with Crippen molar-refractivity contribution in [1.29, 1.82) is 0 Å². The number of aromatic nitrogens is 3. The number of nitrogens with two attached hydrogens (primary N) is 1. The number of hydrogen-bond donors (Lipinski definition) is 1. The monoisotopic (exact) mass is 294 g/mol. The number of nitrogens with zero attached hydrogens (tertiary/aromatic N) is 3. The predicted octanol–water partition coefficient (Wildman–Crippen LogP) is 2.30. The van der Waals surface area contributed by atoms with Crippen LogP contribution in [-0.2, 0) is 0 Å². The molecular formula is C11H11BrN4O. The van der Waals surface area contributed by atoms with Crippen molar-refractivity contribution in [2.75, 3.05) is 0 Å². The highest BCUT2D eigenvalue weighted by Crippen LogP contribution is 2.39. The molecule has 0 aromatic carbocycles. The lowest BCUT2D eigenvalue weighted by molar-refractivity contribution is 0.343. The lowest BCUT2D eigenvalue weighted by Crippen LogP contribution is -2.12. The van der Waals surface area contributed by atoms with Crippen molar-refractivity contribution < 1.29 is 4.52 Å². The largest absolute Gasteiger partial charge is 0.337 e. The molecule has 88 valence electrons. The van der Waals surface area contributed by atoms with Crippen LogP contribution in [0, 0.1) is 5.92 Å². The van der Waals surface area contributed by atoms with Gasteiger partial charge in [-0.05, 0) is 46.8 Å². The average Bonchev–Trinajstić information content (AvgIpc) is 3.07. The first kappa shape index (κ1) is 10.9. The normalized spacial score (nSPS) is 17.1. The van der Waals surface area contributed by atoms with Gasteiger partial charge >= 0.3 is 0 Å². The molecule has 0 amide bonds. The quantitative estimate of drug-likeness (QED) is 0.940. The summed E-state index contributed by atoms with van der Waals surface area (Å²) in [5, 5.41) is 3.92. The topological polar surface area (TPSA) is 77.8 Å². The summed E-state index contributed by atoms with van der Waals surface area (Å²) in [4.78, 5) is 8.52. The lowest BCUT2D eigenvalue weighted by Gasteiger charge is -2.01. The standard InChI is InChI=1S/C11H11BrN4O/c12-7-2-1-5-14-9(7)10-15-11(17-16-10)8(13)6-3-4-6/h1-2,5-6,8H,3-4,13H2. The van der Waals surface area contributed by atoms with Crippen LogP contribution in [0.4, 0.5) is 0 Å². The van der Waals surface area contributed by atoms with Gasteiger partial charge in [-0.25, -0.2) is 0 Å². The minimum atomic E-state index is -0.140. The van der Waals surface area contributed by atoms with Gasteiger partial charge in [0.25, 0.3) is 0 Å². The van der Waals surface area contributed by atoms with Crippen LogP contribution in [0.3, 0.4) is 0 Å². The van der Waals surface area contributed by atoms with Crippen LogP contribution in [-0.4, -0.2) is 15.1 Å². The summed E-state index contributed by atoms with van der Waals surface area (Å²) < 4.78 is 6.03. The second-order valence-corrected chi connectivity index (χ2v) is 5.01. The maximum absolute atomic E-state index is 6.00. The summed E-state index contributed by atoms with van der Waals surface area (Å²) >= 11 is 3.41. The maximum atomic E-state index is 6.00. The van der Waals surface area contributed by atoms with Crippen LogP contribution < -0.4 is 5.73 Å². The van der Waals surface area contributed by atoms with Crippen molar-refractivity contribution >= 4 is 15.9 Å². The van der Waals surface area contributed by atoms with E-state index in [4.69, 9.17) is 10.3 Å². The third-order valence-corrected chi connectivity index (χ3v) is 3.47. The molecule has 1 saturated carbocycles. The van der Waals surface area contributed by atoms with Gasteiger partial charge < -0.3 is 10.3 Å². The molecule has 2 N–H and O–H groups in total. The Morgan fingerprint density at radius 1 is 1.47 bits per heavy atom. The zero-order chi connectivity index (χ0) is 11.8. The van der Waals surface area contributed by atoms with E-state index in [0.29, 0.717) is 23.3 Å². The summed E-state index contributed by atoms with van der Waals surface area (Å²) in [6.07, 6.45) is 3.98. The molecule has 0 spiro atoms. The molecule has 2 aromatic heterocycles. The van der Waals surface area contributed by atoms with Gasteiger partial charge in [0.05, 0.1) is 6.04 Å². The first-order valence-corrected chi connectivity index (χ1v) is 6.25. The summed E-state index contributed by atoms with van der Waals surface area (Å²) in [6.45, 7) is 0. The van der Waals surface area contributed by atoms with Gasteiger partial charge in [0, 0.05) is 10.7 Å². The van der Waals surface area contributed by atoms with Gasteiger partial charge in [-0.3, -0.25) is 4.98 Å². The van der Waals surface area contributed by atoms with Crippen LogP contribution in [0.2, 0.25) is 0 Å². The molecule has 0 aliphatic heterocycles. The van der Waals surface area contributed by atoms with Gasteiger partial charge in [0.2, 0.25) is 11.7 Å². The van der Waals surface area contributed by atoms with E-state index in [9.17, 15) is 0 Å². The molecule has 2 heterocycles. The zero-order valence-corrected chi connectivity index (χ0v) is 10.6. The van der Waals surface area contributed by atoms with E-state index in [1.165, 1.54) is 0 Å². The number of hydrogen-bond acceptors (Lipinski definition) is 5. The fourth-order valence-electron chi connectivity index (χ4n) is 1.67. The second-order valence-electron chi connectivity index (χ2n) is 4.15. The number of rotatable bonds is 3. The number of halogens is 1. The zero-order valence-electron chi connectivity index (χ0n) is 9.01. The van der Waals surface area contributed by atoms with Crippen LogP contribution in [0.5, 0.6) is 0 Å². The van der Waals surface area contributed by atoms with Crippen LogP contribution >= 0.6 is 15.9 Å². The highest BCUT2D eigenvalue weighted by atomic mass is 79.9. The van der Waals surface area contributed by atoms with Gasteiger partial charge in [-0.1, -0.05) is 5.16 Å². The summed E-state index contributed by atoms with van der Waals surface area (Å²) in [7, 11) is 0. The molecular weight excluding hydrogens is 284 g/mol. The minimum Gasteiger partial charge on any atom is -0.337 e. The molecule has 1 fully saturated rings. The molecule has 0 bridgehead atoms. The van der Waals surface area contributed by atoms with Crippen molar-refractivity contribution in [1.82, 2.24) is 15.1 Å². The van der Waals surface area contributed by atoms with E-state index in [0.717, 1.165) is 17.3 Å². The van der Waals surface area contributed by atoms with Crippen molar-refractivity contribution in [2.24, 2.45) is 11.7 Å². The molecule has 1 aliphatic carbocycles. The predicted molar refractivity (Wildman–Crippen MR) is 64.9 cm³/mol. The van der Waals surface area contributed by atoms with E-state index >= 15 is 0 Å². The Kier molecular flexibility index (Phi) is 2.68. The van der Waals surface area contributed by atoms with Crippen molar-refractivity contribution in [3.63, 3.8) is 0 Å². The third-order valence-electron chi connectivity index (χ3n) is 2.83. The minimum absolute atomic E-state index is 0.140. The summed E-state index contributed by atoms with van der Waals surface area (Å²) in [5.74, 6) is 1.47. The highest BCUT2D eigenvalue weighted by Gasteiger charge is 2.33. The van der Waals surface area contributed by atoms with Crippen LogP contribution in [0.15, 0.2) is 27.3 Å². The van der Waals surface area contributed by atoms with E-state index in [1.54, 1.807) is 6.20 Å². The SMILES string of the molecule is NC(c1nc(-c2ncccc2Br)no1)C1CC1. The molecule has 6 heteroatoms. The molecule has 1 unspecified atom stereocenters. The van der Waals surface area contributed by atoms with Crippen molar-refractivity contribution in [2.45, 2.75) is 18.9 Å². The smallest absolute Gasteiger partial charge is 0.244 e. The Labute approximate surface area is 107 Å². The van der Waals surface area contributed by atoms with Crippen LogP contribution in [0.25, 0.3) is 11.5 Å².